The lowest BCUT2D eigenvalue weighted by atomic mass is 10.2. The summed E-state index contributed by atoms with van der Waals surface area (Å²) < 4.78 is 11.8. The maximum absolute atomic E-state index is 11.8. The minimum Gasteiger partial charge on any atom is -0.231 e. The molecule has 0 saturated heterocycles. The topological polar surface area (TPSA) is 23.8 Å². The van der Waals surface area contributed by atoms with E-state index in [2.05, 4.69) is 0 Å². The fraction of sp³-hybridized carbons (Fsp3) is 0.800. The summed E-state index contributed by atoms with van der Waals surface area (Å²) in [5.74, 6) is 0. The summed E-state index contributed by atoms with van der Waals surface area (Å²) in [6, 6.07) is 1.50. The second-order valence-corrected chi connectivity index (χ2v) is 1.39. The highest BCUT2D eigenvalue weighted by molar-refractivity contribution is 4.81. The van der Waals surface area contributed by atoms with Gasteiger partial charge in [-0.25, -0.2) is 4.39 Å². The fourth-order valence-electron chi connectivity index (χ4n) is 0.318. The molecule has 40 valence electrons. The van der Waals surface area contributed by atoms with Gasteiger partial charge in [-0.05, 0) is 6.42 Å². The molecule has 7 heavy (non-hydrogen) atoms. The maximum Gasteiger partial charge on any atom is 0.186 e. The van der Waals surface area contributed by atoms with Crippen LogP contribution in [0.25, 0.3) is 0 Å². The summed E-state index contributed by atoms with van der Waals surface area (Å²) in [6.45, 7) is 1.85. The molecule has 2 heteroatoms. The predicted octanol–water partition coefficient (Wildman–Crippen LogP) is 1.65. The molecule has 1 atom stereocenters. The molecular weight excluding hydrogens is 93.1 g/mol. The van der Waals surface area contributed by atoms with Crippen LogP contribution >= 0.6 is 0 Å². The molecule has 1 nitrogen and oxygen atoms in total. The van der Waals surface area contributed by atoms with Gasteiger partial charge in [-0.2, -0.15) is 5.26 Å². The Hall–Kier alpha value is -0.580. The van der Waals surface area contributed by atoms with Crippen molar-refractivity contribution in [2.24, 2.45) is 0 Å². The van der Waals surface area contributed by atoms with Gasteiger partial charge in [0.25, 0.3) is 0 Å². The van der Waals surface area contributed by atoms with Gasteiger partial charge in [0.15, 0.2) is 6.17 Å². The summed E-state index contributed by atoms with van der Waals surface area (Å²) in [5, 5.41) is 7.84. The molecule has 0 fully saturated rings. The van der Waals surface area contributed by atoms with E-state index in [0.29, 0.717) is 6.42 Å². The average Bonchev–Trinajstić information content (AvgIpc) is 1.68. The van der Waals surface area contributed by atoms with E-state index in [1.165, 1.54) is 6.07 Å². The number of nitriles is 1. The highest BCUT2D eigenvalue weighted by Gasteiger charge is 1.98. The van der Waals surface area contributed by atoms with Crippen LogP contribution in [0.1, 0.15) is 19.8 Å². The molecule has 0 aliphatic carbocycles. The lowest BCUT2D eigenvalue weighted by molar-refractivity contribution is 0.384. The highest BCUT2D eigenvalue weighted by Crippen LogP contribution is 1.97. The Balaban J connectivity index is 3.04. The van der Waals surface area contributed by atoms with Crippen molar-refractivity contribution in [1.29, 1.82) is 5.26 Å². The van der Waals surface area contributed by atoms with Crippen LogP contribution in [0.3, 0.4) is 0 Å². The maximum atomic E-state index is 11.8. The summed E-state index contributed by atoms with van der Waals surface area (Å²) in [5.41, 5.74) is 0. The zero-order chi connectivity index (χ0) is 5.70. The van der Waals surface area contributed by atoms with Crippen LogP contribution in [0.2, 0.25) is 0 Å². The van der Waals surface area contributed by atoms with Crippen LogP contribution in [0.15, 0.2) is 0 Å². The SMILES string of the molecule is CCCC(F)C#N. The summed E-state index contributed by atoms with van der Waals surface area (Å²) in [4.78, 5) is 0. The Morgan fingerprint density at radius 2 is 2.43 bits per heavy atom. The lowest BCUT2D eigenvalue weighted by Crippen LogP contribution is -1.91. The predicted molar refractivity (Wildman–Crippen MR) is 25.4 cm³/mol. The van der Waals surface area contributed by atoms with Gasteiger partial charge in [-0.3, -0.25) is 0 Å². The third-order valence-electron chi connectivity index (χ3n) is 0.682. The van der Waals surface area contributed by atoms with E-state index >= 15 is 0 Å². The van der Waals surface area contributed by atoms with Crippen LogP contribution in [-0.4, -0.2) is 6.17 Å². The number of hydrogen-bond acceptors (Lipinski definition) is 1. The number of nitrogens with zero attached hydrogens (tertiary/aromatic N) is 1. The standard InChI is InChI=1S/C5H8FN/c1-2-3-5(6)4-7/h5H,2-3H2,1H3. The Bertz CT molecular complexity index is 74.6. The number of rotatable bonds is 2. The number of hydrogen-bond donors (Lipinski definition) is 0. The summed E-state index contributed by atoms with van der Waals surface area (Å²) in [7, 11) is 0. The van der Waals surface area contributed by atoms with Gasteiger partial charge in [0.2, 0.25) is 0 Å². The highest BCUT2D eigenvalue weighted by atomic mass is 19.1. The third kappa shape index (κ3) is 3.24. The van der Waals surface area contributed by atoms with Crippen LogP contribution < -0.4 is 0 Å². The average molecular weight is 101 g/mol. The van der Waals surface area contributed by atoms with Crippen molar-refractivity contribution in [2.45, 2.75) is 25.9 Å². The van der Waals surface area contributed by atoms with Crippen molar-refractivity contribution in [3.63, 3.8) is 0 Å². The first-order chi connectivity index (χ1) is 3.31. The van der Waals surface area contributed by atoms with Crippen LogP contribution in [0.4, 0.5) is 4.39 Å². The van der Waals surface area contributed by atoms with E-state index in [1.54, 1.807) is 0 Å². The molecule has 0 aromatic rings. The second kappa shape index (κ2) is 3.60. The third-order valence-corrected chi connectivity index (χ3v) is 0.682. The molecule has 0 aromatic heterocycles. The first-order valence-electron chi connectivity index (χ1n) is 2.35. The lowest BCUT2D eigenvalue weighted by Gasteiger charge is -1.89. The fourth-order valence-corrected chi connectivity index (χ4v) is 0.318. The molecule has 0 amide bonds. The van der Waals surface area contributed by atoms with E-state index in [0.717, 1.165) is 6.42 Å². The first-order valence-corrected chi connectivity index (χ1v) is 2.35. The van der Waals surface area contributed by atoms with E-state index < -0.39 is 6.17 Å². The van der Waals surface area contributed by atoms with Gasteiger partial charge >= 0.3 is 0 Å². The van der Waals surface area contributed by atoms with Crippen LogP contribution in [-0.2, 0) is 0 Å². The molecule has 0 N–H and O–H groups in total. The van der Waals surface area contributed by atoms with E-state index in [4.69, 9.17) is 5.26 Å². The molecule has 0 saturated carbocycles. The van der Waals surface area contributed by atoms with Crippen molar-refractivity contribution >= 4 is 0 Å². The van der Waals surface area contributed by atoms with Gasteiger partial charge in [0, 0.05) is 0 Å². The van der Waals surface area contributed by atoms with Gasteiger partial charge < -0.3 is 0 Å². The van der Waals surface area contributed by atoms with E-state index in [-0.39, 0.29) is 0 Å². The monoisotopic (exact) mass is 101 g/mol. The Morgan fingerprint density at radius 3 is 2.57 bits per heavy atom. The quantitative estimate of drug-likeness (QED) is 0.518. The molecule has 0 radical (unpaired) electrons. The zero-order valence-electron chi connectivity index (χ0n) is 4.32. The van der Waals surface area contributed by atoms with Crippen molar-refractivity contribution in [3.8, 4) is 6.07 Å². The smallest absolute Gasteiger partial charge is 0.186 e. The first kappa shape index (κ1) is 6.42. The minimum absolute atomic E-state index is 0.372. The molecule has 0 aliphatic rings. The van der Waals surface area contributed by atoms with Gasteiger partial charge in [-0.1, -0.05) is 13.3 Å². The normalized spacial score (nSPS) is 12.7. The second-order valence-electron chi connectivity index (χ2n) is 1.39. The molecule has 1 unspecified atom stereocenters. The molecule has 0 spiro atoms. The van der Waals surface area contributed by atoms with Crippen LogP contribution in [0.5, 0.6) is 0 Å². The number of alkyl halides is 1. The van der Waals surface area contributed by atoms with Crippen molar-refractivity contribution in [2.75, 3.05) is 0 Å². The van der Waals surface area contributed by atoms with Crippen LogP contribution in [0, 0.1) is 11.3 Å². The van der Waals surface area contributed by atoms with Crippen molar-refractivity contribution in [1.82, 2.24) is 0 Å². The molecular formula is C5H8FN. The van der Waals surface area contributed by atoms with Gasteiger partial charge in [-0.15, -0.1) is 0 Å². The Labute approximate surface area is 42.8 Å². The molecule has 0 rings (SSSR count). The molecule has 0 aromatic carbocycles. The summed E-state index contributed by atoms with van der Waals surface area (Å²) >= 11 is 0. The minimum atomic E-state index is -1.25. The van der Waals surface area contributed by atoms with Gasteiger partial charge in [0.05, 0.1) is 6.07 Å². The van der Waals surface area contributed by atoms with E-state index in [9.17, 15) is 4.39 Å². The zero-order valence-corrected chi connectivity index (χ0v) is 4.32. The molecule has 0 heterocycles. The van der Waals surface area contributed by atoms with Crippen molar-refractivity contribution < 1.29 is 4.39 Å². The Kier molecular flexibility index (Phi) is 3.31. The Morgan fingerprint density at radius 1 is 1.86 bits per heavy atom. The van der Waals surface area contributed by atoms with Gasteiger partial charge in [0.1, 0.15) is 0 Å². The van der Waals surface area contributed by atoms with E-state index in [1.807, 2.05) is 6.92 Å². The summed E-state index contributed by atoms with van der Waals surface area (Å²) in [6.07, 6.45) is -0.129. The number of halogens is 1. The largest absolute Gasteiger partial charge is 0.231 e. The van der Waals surface area contributed by atoms with Crippen molar-refractivity contribution in [3.05, 3.63) is 0 Å². The molecule has 0 aliphatic heterocycles. The molecule has 0 bridgehead atoms.